The maximum absolute atomic E-state index is 12.7. The van der Waals surface area contributed by atoms with Crippen molar-refractivity contribution in [1.82, 2.24) is 0 Å². The summed E-state index contributed by atoms with van der Waals surface area (Å²) in [6.07, 6.45) is -1.84. The Morgan fingerprint density at radius 3 is 2.59 bits per heavy atom. The molecule has 0 spiro atoms. The van der Waals surface area contributed by atoms with Gasteiger partial charge in [0.25, 0.3) is 0 Å². The molecule has 3 unspecified atom stereocenters. The lowest BCUT2D eigenvalue weighted by Crippen LogP contribution is -2.48. The Hall–Kier alpha value is -0.290. The molecule has 17 heavy (non-hydrogen) atoms. The Morgan fingerprint density at radius 1 is 1.47 bits per heavy atom. The number of nitrogens with two attached hydrogens (primary N) is 1. The second kappa shape index (κ2) is 5.57. The smallest absolute Gasteiger partial charge is 0.390 e. The molecule has 0 saturated heterocycles. The highest BCUT2D eigenvalue weighted by Crippen LogP contribution is 2.45. The average molecular weight is 253 g/mol. The number of hydrogen-bond acceptors (Lipinski definition) is 2. The average Bonchev–Trinajstić information content (AvgIpc) is 2.24. The topological polar surface area (TPSA) is 46.2 Å². The van der Waals surface area contributed by atoms with Crippen LogP contribution in [0, 0.1) is 11.8 Å². The zero-order valence-electron chi connectivity index (χ0n) is 10.3. The molecule has 5 heteroatoms. The van der Waals surface area contributed by atoms with Crippen molar-refractivity contribution >= 4 is 0 Å². The highest BCUT2D eigenvalue weighted by atomic mass is 19.4. The van der Waals surface area contributed by atoms with Gasteiger partial charge in [0.15, 0.2) is 0 Å². The first-order valence-electron chi connectivity index (χ1n) is 6.32. The summed E-state index contributed by atoms with van der Waals surface area (Å²) >= 11 is 0. The fourth-order valence-electron chi connectivity index (χ4n) is 2.89. The van der Waals surface area contributed by atoms with E-state index in [0.717, 1.165) is 6.42 Å². The van der Waals surface area contributed by atoms with Crippen molar-refractivity contribution < 1.29 is 18.3 Å². The molecule has 0 heterocycles. The van der Waals surface area contributed by atoms with E-state index in [1.165, 1.54) is 0 Å². The van der Waals surface area contributed by atoms with Gasteiger partial charge in [-0.15, -0.1) is 0 Å². The van der Waals surface area contributed by atoms with E-state index in [1.807, 2.05) is 6.92 Å². The van der Waals surface area contributed by atoms with Crippen LogP contribution in [0.2, 0.25) is 0 Å². The molecule has 3 N–H and O–H groups in total. The minimum absolute atomic E-state index is 0.134. The lowest BCUT2D eigenvalue weighted by Gasteiger charge is -2.42. The molecule has 1 aliphatic rings. The third-order valence-corrected chi connectivity index (χ3v) is 3.91. The highest BCUT2D eigenvalue weighted by Gasteiger charge is 2.49. The Kier molecular flexibility index (Phi) is 4.84. The molecule has 0 aliphatic heterocycles. The summed E-state index contributed by atoms with van der Waals surface area (Å²) in [5, 5.41) is 10.4. The molecule has 0 aromatic carbocycles. The predicted molar refractivity (Wildman–Crippen MR) is 60.4 cm³/mol. The van der Waals surface area contributed by atoms with Crippen LogP contribution in [-0.2, 0) is 0 Å². The normalized spacial score (nSPS) is 32.5. The van der Waals surface area contributed by atoms with Crippen molar-refractivity contribution in [2.75, 3.05) is 6.54 Å². The van der Waals surface area contributed by atoms with E-state index in [1.54, 1.807) is 0 Å². The van der Waals surface area contributed by atoms with E-state index >= 15 is 0 Å². The van der Waals surface area contributed by atoms with Crippen molar-refractivity contribution in [3.63, 3.8) is 0 Å². The predicted octanol–water partition coefficient (Wildman–Crippen LogP) is 2.85. The number of halogens is 3. The number of rotatable bonds is 4. The van der Waals surface area contributed by atoms with Gasteiger partial charge in [-0.1, -0.05) is 13.3 Å². The largest absolute Gasteiger partial charge is 0.391 e. The van der Waals surface area contributed by atoms with Gasteiger partial charge < -0.3 is 10.8 Å². The van der Waals surface area contributed by atoms with Gasteiger partial charge in [-0.3, -0.25) is 0 Å². The Bertz CT molecular complexity index is 244. The number of aliphatic hydroxyl groups is 1. The van der Waals surface area contributed by atoms with Crippen LogP contribution in [0.3, 0.4) is 0 Å². The van der Waals surface area contributed by atoms with Crippen molar-refractivity contribution in [2.45, 2.75) is 57.2 Å². The zero-order chi connectivity index (χ0) is 13.1. The van der Waals surface area contributed by atoms with Crippen LogP contribution in [0.4, 0.5) is 13.2 Å². The molecule has 1 saturated carbocycles. The first-order chi connectivity index (χ1) is 7.83. The van der Waals surface area contributed by atoms with E-state index in [4.69, 9.17) is 5.73 Å². The van der Waals surface area contributed by atoms with Crippen LogP contribution < -0.4 is 5.73 Å². The summed E-state index contributed by atoms with van der Waals surface area (Å²) in [5.74, 6) is -1.58. The molecule has 102 valence electrons. The van der Waals surface area contributed by atoms with Crippen molar-refractivity contribution in [2.24, 2.45) is 17.6 Å². The Balaban J connectivity index is 2.74. The van der Waals surface area contributed by atoms with Crippen LogP contribution in [0.25, 0.3) is 0 Å². The van der Waals surface area contributed by atoms with Gasteiger partial charge in [0.2, 0.25) is 0 Å². The second-order valence-corrected chi connectivity index (χ2v) is 5.16. The Labute approximate surface area is 100 Å². The van der Waals surface area contributed by atoms with E-state index in [9.17, 15) is 18.3 Å². The van der Waals surface area contributed by atoms with E-state index in [0.29, 0.717) is 19.3 Å². The lowest BCUT2D eigenvalue weighted by atomic mass is 9.70. The minimum atomic E-state index is -4.19. The third kappa shape index (κ3) is 3.58. The summed E-state index contributed by atoms with van der Waals surface area (Å²) in [6.45, 7) is 2.21. The molecule has 0 aromatic heterocycles. The van der Waals surface area contributed by atoms with Crippen molar-refractivity contribution in [3.8, 4) is 0 Å². The summed E-state index contributed by atoms with van der Waals surface area (Å²) in [4.78, 5) is 0. The summed E-state index contributed by atoms with van der Waals surface area (Å²) < 4.78 is 38.1. The van der Waals surface area contributed by atoms with Crippen LogP contribution in [0.1, 0.15) is 45.4 Å². The molecule has 2 nitrogen and oxygen atoms in total. The first-order valence-corrected chi connectivity index (χ1v) is 6.32. The number of alkyl halides is 3. The van der Waals surface area contributed by atoms with Crippen LogP contribution in [0.5, 0.6) is 0 Å². The van der Waals surface area contributed by atoms with Crippen LogP contribution in [0.15, 0.2) is 0 Å². The van der Waals surface area contributed by atoms with Crippen LogP contribution >= 0.6 is 0 Å². The minimum Gasteiger partial charge on any atom is -0.390 e. The molecule has 1 aliphatic carbocycles. The monoisotopic (exact) mass is 253 g/mol. The highest BCUT2D eigenvalue weighted by molar-refractivity contribution is 4.94. The molecule has 3 atom stereocenters. The molecular weight excluding hydrogens is 231 g/mol. The van der Waals surface area contributed by atoms with Crippen molar-refractivity contribution in [3.05, 3.63) is 0 Å². The summed E-state index contributed by atoms with van der Waals surface area (Å²) in [7, 11) is 0. The lowest BCUT2D eigenvalue weighted by molar-refractivity contribution is -0.206. The quantitative estimate of drug-likeness (QED) is 0.809. The van der Waals surface area contributed by atoms with Gasteiger partial charge >= 0.3 is 6.18 Å². The van der Waals surface area contributed by atoms with Crippen LogP contribution in [-0.4, -0.2) is 23.4 Å². The van der Waals surface area contributed by atoms with Gasteiger partial charge in [-0.05, 0) is 44.6 Å². The van der Waals surface area contributed by atoms with Gasteiger partial charge in [-0.2, -0.15) is 13.2 Å². The fourth-order valence-corrected chi connectivity index (χ4v) is 2.89. The second-order valence-electron chi connectivity index (χ2n) is 5.16. The van der Waals surface area contributed by atoms with Crippen molar-refractivity contribution in [1.29, 1.82) is 0 Å². The zero-order valence-corrected chi connectivity index (χ0v) is 10.3. The first kappa shape index (κ1) is 14.8. The molecule has 0 amide bonds. The van der Waals surface area contributed by atoms with E-state index in [-0.39, 0.29) is 25.3 Å². The maximum atomic E-state index is 12.7. The Morgan fingerprint density at radius 2 is 2.12 bits per heavy atom. The maximum Gasteiger partial charge on any atom is 0.391 e. The molecule has 1 fully saturated rings. The molecule has 0 radical (unpaired) electrons. The molecule has 1 rings (SSSR count). The molecular formula is C12H22F3NO. The summed E-state index contributed by atoms with van der Waals surface area (Å²) in [6, 6.07) is 0. The SMILES string of the molecule is CCCC(CN)C1(O)CCCC(C(F)(F)F)C1. The fraction of sp³-hybridized carbons (Fsp3) is 1.00. The number of hydrogen-bond donors (Lipinski definition) is 2. The standard InChI is InChI=1S/C12H22F3NO/c1-2-4-10(8-16)11(17)6-3-5-9(7-11)12(13,14)15/h9-10,17H,2-8,16H2,1H3. The van der Waals surface area contributed by atoms with E-state index < -0.39 is 17.7 Å². The molecule has 0 bridgehead atoms. The van der Waals surface area contributed by atoms with Gasteiger partial charge in [0.1, 0.15) is 0 Å². The van der Waals surface area contributed by atoms with Gasteiger partial charge in [-0.25, -0.2) is 0 Å². The van der Waals surface area contributed by atoms with Gasteiger partial charge in [0, 0.05) is 0 Å². The molecule has 0 aromatic rings. The van der Waals surface area contributed by atoms with E-state index in [2.05, 4.69) is 0 Å². The third-order valence-electron chi connectivity index (χ3n) is 3.91. The van der Waals surface area contributed by atoms with Gasteiger partial charge in [0.05, 0.1) is 11.5 Å². The summed E-state index contributed by atoms with van der Waals surface area (Å²) in [5.41, 5.74) is 4.37.